The van der Waals surface area contributed by atoms with Crippen LogP contribution in [0.5, 0.6) is 0 Å². The van der Waals surface area contributed by atoms with Crippen LogP contribution in [0.15, 0.2) is 18.2 Å². The van der Waals surface area contributed by atoms with Crippen LogP contribution in [0.2, 0.25) is 0 Å². The molecule has 1 unspecified atom stereocenters. The average molecular weight is 237 g/mol. The van der Waals surface area contributed by atoms with Gasteiger partial charge in [-0.3, -0.25) is 0 Å². The van der Waals surface area contributed by atoms with E-state index in [4.69, 9.17) is 0 Å². The minimum absolute atomic E-state index is 0.231. The topological polar surface area (TPSA) is 23.5 Å². The molecule has 1 saturated carbocycles. The van der Waals surface area contributed by atoms with Gasteiger partial charge in [0.25, 0.3) is 0 Å². The van der Waals surface area contributed by atoms with E-state index in [9.17, 15) is 9.50 Å². The van der Waals surface area contributed by atoms with Gasteiger partial charge in [0.1, 0.15) is 5.82 Å². The molecular weight excluding hydrogens is 217 g/mol. The molecule has 17 heavy (non-hydrogen) atoms. The number of halogens is 1. The Kier molecular flexibility index (Phi) is 3.67. The molecule has 0 aliphatic heterocycles. The normalized spacial score (nSPS) is 16.9. The number of benzene rings is 1. The minimum atomic E-state index is -0.631. The second kappa shape index (κ2) is 5.05. The highest BCUT2D eigenvalue weighted by Gasteiger charge is 2.26. The molecule has 1 aromatic rings. The van der Waals surface area contributed by atoms with Crippen LogP contribution in [-0.2, 0) is 0 Å². The monoisotopic (exact) mass is 237 g/mol. The first-order chi connectivity index (χ1) is 8.13. The molecule has 2 rings (SSSR count). The summed E-state index contributed by atoms with van der Waals surface area (Å²) in [5.74, 6) is 0.474. The lowest BCUT2D eigenvalue weighted by Crippen LogP contribution is -2.27. The Hall–Kier alpha value is -1.09. The molecule has 0 radical (unpaired) electrons. The molecule has 1 N–H and O–H groups in total. The predicted molar refractivity (Wildman–Crippen MR) is 67.6 cm³/mol. The van der Waals surface area contributed by atoms with Crippen molar-refractivity contribution in [1.29, 1.82) is 0 Å². The summed E-state index contributed by atoms with van der Waals surface area (Å²) in [6.07, 6.45) is 1.86. The molecule has 3 heteroatoms. The van der Waals surface area contributed by atoms with E-state index in [0.717, 1.165) is 13.1 Å². The zero-order valence-electron chi connectivity index (χ0n) is 10.5. The van der Waals surface area contributed by atoms with Gasteiger partial charge < -0.3 is 10.0 Å². The molecule has 0 bridgehead atoms. The van der Waals surface area contributed by atoms with Crippen molar-refractivity contribution in [2.75, 3.05) is 18.0 Å². The summed E-state index contributed by atoms with van der Waals surface area (Å²) in [6.45, 7) is 5.39. The molecule has 1 fully saturated rings. The molecule has 1 aliphatic rings. The fourth-order valence-corrected chi connectivity index (χ4v) is 2.19. The lowest BCUT2D eigenvalue weighted by Gasteiger charge is -2.27. The van der Waals surface area contributed by atoms with E-state index in [1.54, 1.807) is 19.1 Å². The van der Waals surface area contributed by atoms with E-state index >= 15 is 0 Å². The molecule has 0 saturated heterocycles. The number of hydrogen-bond acceptors (Lipinski definition) is 2. The fourth-order valence-electron chi connectivity index (χ4n) is 2.19. The molecule has 0 amide bonds. The fraction of sp³-hybridized carbons (Fsp3) is 0.571. The molecule has 0 aromatic heterocycles. The van der Waals surface area contributed by atoms with Crippen molar-refractivity contribution < 1.29 is 9.50 Å². The van der Waals surface area contributed by atoms with Gasteiger partial charge >= 0.3 is 0 Å². The number of para-hydroxylation sites is 1. The first kappa shape index (κ1) is 12.4. The summed E-state index contributed by atoms with van der Waals surface area (Å²) in [6, 6.07) is 4.93. The van der Waals surface area contributed by atoms with Crippen molar-refractivity contribution in [3.8, 4) is 0 Å². The lowest BCUT2D eigenvalue weighted by molar-refractivity contribution is 0.199. The summed E-state index contributed by atoms with van der Waals surface area (Å²) in [5.41, 5.74) is 1.27. The number of hydrogen-bond donors (Lipinski definition) is 1. The minimum Gasteiger partial charge on any atom is -0.389 e. The molecule has 1 aromatic carbocycles. The lowest BCUT2D eigenvalue weighted by atomic mass is 10.1. The maximum absolute atomic E-state index is 14.0. The van der Waals surface area contributed by atoms with Crippen LogP contribution in [0, 0.1) is 11.7 Å². The largest absolute Gasteiger partial charge is 0.389 e. The number of anilines is 1. The Balaban J connectivity index is 2.32. The summed E-state index contributed by atoms with van der Waals surface area (Å²) >= 11 is 0. The molecule has 1 aliphatic carbocycles. The van der Waals surface area contributed by atoms with Crippen LogP contribution in [0.3, 0.4) is 0 Å². The molecule has 0 spiro atoms. The molecule has 0 heterocycles. The second-order valence-corrected chi connectivity index (χ2v) is 4.84. The van der Waals surface area contributed by atoms with Crippen molar-refractivity contribution in [2.24, 2.45) is 5.92 Å². The molecule has 1 atom stereocenters. The average Bonchev–Trinajstić information content (AvgIpc) is 3.10. The van der Waals surface area contributed by atoms with Gasteiger partial charge in [-0.25, -0.2) is 4.39 Å². The number of rotatable bonds is 5. The van der Waals surface area contributed by atoms with Crippen molar-refractivity contribution in [2.45, 2.75) is 32.8 Å². The highest BCUT2D eigenvalue weighted by Crippen LogP contribution is 2.35. The Morgan fingerprint density at radius 1 is 1.47 bits per heavy atom. The van der Waals surface area contributed by atoms with Crippen molar-refractivity contribution in [1.82, 2.24) is 0 Å². The maximum Gasteiger partial charge on any atom is 0.146 e. The number of aliphatic hydroxyl groups excluding tert-OH is 1. The van der Waals surface area contributed by atoms with Crippen LogP contribution < -0.4 is 4.90 Å². The smallest absolute Gasteiger partial charge is 0.146 e. The van der Waals surface area contributed by atoms with Gasteiger partial charge in [-0.1, -0.05) is 12.1 Å². The third-order valence-electron chi connectivity index (χ3n) is 3.34. The second-order valence-electron chi connectivity index (χ2n) is 4.84. The SMILES string of the molecule is CCN(CC1CC1)c1c(F)cccc1C(C)O. The quantitative estimate of drug-likeness (QED) is 0.850. The highest BCUT2D eigenvalue weighted by molar-refractivity contribution is 5.56. The zero-order chi connectivity index (χ0) is 12.4. The van der Waals surface area contributed by atoms with E-state index in [1.807, 2.05) is 6.92 Å². The van der Waals surface area contributed by atoms with Crippen molar-refractivity contribution in [3.63, 3.8) is 0 Å². The van der Waals surface area contributed by atoms with Crippen LogP contribution in [0.4, 0.5) is 10.1 Å². The van der Waals surface area contributed by atoms with Gasteiger partial charge in [-0.2, -0.15) is 0 Å². The summed E-state index contributed by atoms with van der Waals surface area (Å²) < 4.78 is 14.0. The van der Waals surface area contributed by atoms with E-state index < -0.39 is 6.10 Å². The Morgan fingerprint density at radius 3 is 2.71 bits per heavy atom. The Morgan fingerprint density at radius 2 is 2.18 bits per heavy atom. The Labute approximate surface area is 102 Å². The standard InChI is InChI=1S/C14H20FNO/c1-3-16(9-11-7-8-11)14-12(10(2)17)5-4-6-13(14)15/h4-6,10-11,17H,3,7-9H2,1-2H3. The Bertz CT molecular complexity index is 388. The zero-order valence-corrected chi connectivity index (χ0v) is 10.5. The van der Waals surface area contributed by atoms with Crippen LogP contribution in [0.1, 0.15) is 38.4 Å². The number of aliphatic hydroxyl groups is 1. The van der Waals surface area contributed by atoms with Crippen LogP contribution in [-0.4, -0.2) is 18.2 Å². The van der Waals surface area contributed by atoms with E-state index in [1.165, 1.54) is 18.9 Å². The van der Waals surface area contributed by atoms with Gasteiger partial charge in [-0.05, 0) is 38.7 Å². The van der Waals surface area contributed by atoms with E-state index in [0.29, 0.717) is 17.2 Å². The highest BCUT2D eigenvalue weighted by atomic mass is 19.1. The predicted octanol–water partition coefficient (Wildman–Crippen LogP) is 3.12. The van der Waals surface area contributed by atoms with Gasteiger partial charge in [0.15, 0.2) is 0 Å². The third kappa shape index (κ3) is 2.78. The summed E-state index contributed by atoms with van der Waals surface area (Å²) in [7, 11) is 0. The summed E-state index contributed by atoms with van der Waals surface area (Å²) in [4.78, 5) is 2.05. The van der Waals surface area contributed by atoms with E-state index in [-0.39, 0.29) is 5.82 Å². The first-order valence-corrected chi connectivity index (χ1v) is 6.35. The maximum atomic E-state index is 14.0. The first-order valence-electron chi connectivity index (χ1n) is 6.35. The molecule has 94 valence electrons. The van der Waals surface area contributed by atoms with Gasteiger partial charge in [0.05, 0.1) is 11.8 Å². The third-order valence-corrected chi connectivity index (χ3v) is 3.34. The number of nitrogens with zero attached hydrogens (tertiary/aromatic N) is 1. The van der Waals surface area contributed by atoms with Crippen molar-refractivity contribution in [3.05, 3.63) is 29.6 Å². The van der Waals surface area contributed by atoms with Gasteiger partial charge in [0.2, 0.25) is 0 Å². The molecular formula is C14H20FNO. The van der Waals surface area contributed by atoms with Gasteiger partial charge in [0, 0.05) is 18.7 Å². The van der Waals surface area contributed by atoms with Crippen molar-refractivity contribution >= 4 is 5.69 Å². The van der Waals surface area contributed by atoms with Gasteiger partial charge in [-0.15, -0.1) is 0 Å². The van der Waals surface area contributed by atoms with Crippen LogP contribution in [0.25, 0.3) is 0 Å². The summed E-state index contributed by atoms with van der Waals surface area (Å²) in [5, 5.41) is 9.73. The van der Waals surface area contributed by atoms with E-state index in [2.05, 4.69) is 4.90 Å². The van der Waals surface area contributed by atoms with Crippen LogP contribution >= 0.6 is 0 Å². The molecule has 2 nitrogen and oxygen atoms in total.